The Morgan fingerprint density at radius 3 is 2.53 bits per heavy atom. The molecule has 1 aromatic rings. The molecule has 17 heavy (non-hydrogen) atoms. The van der Waals surface area contributed by atoms with E-state index in [0.717, 1.165) is 0 Å². The largest absolute Gasteiger partial charge is 0.474 e. The van der Waals surface area contributed by atoms with Gasteiger partial charge in [-0.15, -0.1) is 6.42 Å². The van der Waals surface area contributed by atoms with Gasteiger partial charge in [0.2, 0.25) is 0 Å². The molecule has 0 amide bonds. The van der Waals surface area contributed by atoms with Gasteiger partial charge in [-0.1, -0.05) is 5.92 Å². The van der Waals surface area contributed by atoms with Crippen LogP contribution in [-0.2, 0) is 0 Å². The van der Waals surface area contributed by atoms with Crippen LogP contribution in [-0.4, -0.2) is 11.4 Å². The number of terminal acetylenes is 1. The molecule has 0 aliphatic rings. The van der Waals surface area contributed by atoms with Crippen molar-refractivity contribution in [3.8, 4) is 18.1 Å². The lowest BCUT2D eigenvalue weighted by Gasteiger charge is -2.22. The van der Waals surface area contributed by atoms with E-state index in [-0.39, 0.29) is 11.3 Å². The van der Waals surface area contributed by atoms with Crippen LogP contribution in [0.2, 0.25) is 0 Å². The average molecular weight is 234 g/mol. The Labute approximate surface area is 101 Å². The van der Waals surface area contributed by atoms with Crippen LogP contribution >= 0.6 is 0 Å². The minimum Gasteiger partial charge on any atom is -0.474 e. The van der Waals surface area contributed by atoms with Crippen LogP contribution in [0.5, 0.6) is 5.75 Å². The number of benzene rings is 1. The molecule has 0 aliphatic carbocycles. The van der Waals surface area contributed by atoms with Gasteiger partial charge in [-0.05, 0) is 45.4 Å². The van der Waals surface area contributed by atoms with E-state index >= 15 is 0 Å². The van der Waals surface area contributed by atoms with Crippen LogP contribution in [0.25, 0.3) is 0 Å². The third kappa shape index (κ3) is 3.07. The Balaban J connectivity index is 3.28. The van der Waals surface area contributed by atoms with Gasteiger partial charge in [-0.2, -0.15) is 0 Å². The quantitative estimate of drug-likeness (QED) is 0.593. The van der Waals surface area contributed by atoms with Gasteiger partial charge < -0.3 is 4.74 Å². The lowest BCUT2D eigenvalue weighted by molar-refractivity contribution is 0.100. The first kappa shape index (κ1) is 13.2. The van der Waals surface area contributed by atoms with E-state index in [1.165, 1.54) is 19.1 Å². The number of carbonyl (C=O) groups excluding carboxylic acids is 1. The van der Waals surface area contributed by atoms with E-state index in [1.807, 2.05) is 0 Å². The van der Waals surface area contributed by atoms with E-state index in [2.05, 4.69) is 5.92 Å². The fourth-order valence-corrected chi connectivity index (χ4v) is 1.32. The molecule has 0 aromatic heterocycles. The van der Waals surface area contributed by atoms with E-state index in [1.54, 1.807) is 20.8 Å². The number of ketones is 1. The molecule has 0 saturated heterocycles. The topological polar surface area (TPSA) is 26.3 Å². The van der Waals surface area contributed by atoms with Crippen LogP contribution < -0.4 is 4.74 Å². The van der Waals surface area contributed by atoms with Crippen LogP contribution in [0.4, 0.5) is 4.39 Å². The van der Waals surface area contributed by atoms with Crippen molar-refractivity contribution in [3.05, 3.63) is 29.1 Å². The van der Waals surface area contributed by atoms with Crippen molar-refractivity contribution in [2.45, 2.75) is 33.3 Å². The summed E-state index contributed by atoms with van der Waals surface area (Å²) >= 11 is 0. The molecule has 90 valence electrons. The lowest BCUT2D eigenvalue weighted by Crippen LogP contribution is -2.26. The van der Waals surface area contributed by atoms with Crippen LogP contribution in [0.3, 0.4) is 0 Å². The average Bonchev–Trinajstić information content (AvgIpc) is 2.22. The summed E-state index contributed by atoms with van der Waals surface area (Å²) in [6.07, 6.45) is 5.31. The maximum Gasteiger partial charge on any atom is 0.163 e. The van der Waals surface area contributed by atoms with Crippen molar-refractivity contribution < 1.29 is 13.9 Å². The predicted octanol–water partition coefficient (Wildman–Crippen LogP) is 3.13. The number of ether oxygens (including phenoxy) is 1. The van der Waals surface area contributed by atoms with Crippen LogP contribution in [0.1, 0.15) is 36.7 Å². The Morgan fingerprint density at radius 1 is 1.47 bits per heavy atom. The van der Waals surface area contributed by atoms with Gasteiger partial charge in [0.15, 0.2) is 11.4 Å². The molecule has 0 radical (unpaired) electrons. The second-order valence-electron chi connectivity index (χ2n) is 4.41. The summed E-state index contributed by atoms with van der Waals surface area (Å²) in [6.45, 7) is 6.38. The van der Waals surface area contributed by atoms with Gasteiger partial charge in [0.25, 0.3) is 0 Å². The smallest absolute Gasteiger partial charge is 0.163 e. The number of aryl methyl sites for hydroxylation is 1. The van der Waals surface area contributed by atoms with E-state index in [9.17, 15) is 9.18 Å². The predicted molar refractivity (Wildman–Crippen MR) is 64.7 cm³/mol. The third-order valence-corrected chi connectivity index (χ3v) is 2.35. The third-order valence-electron chi connectivity index (χ3n) is 2.35. The number of Topliss-reactive ketones (excluding diaryl/α,β-unsaturated/α-hetero) is 1. The first-order valence-electron chi connectivity index (χ1n) is 5.24. The molecule has 0 unspecified atom stereocenters. The van der Waals surface area contributed by atoms with Crippen molar-refractivity contribution in [2.75, 3.05) is 0 Å². The van der Waals surface area contributed by atoms with Crippen molar-refractivity contribution in [1.82, 2.24) is 0 Å². The number of rotatable bonds is 3. The van der Waals surface area contributed by atoms with Crippen LogP contribution in [0, 0.1) is 25.1 Å². The maximum atomic E-state index is 13.4. The number of halogens is 1. The van der Waals surface area contributed by atoms with E-state index in [0.29, 0.717) is 11.3 Å². The van der Waals surface area contributed by atoms with Gasteiger partial charge in [-0.25, -0.2) is 4.39 Å². The molecule has 0 bridgehead atoms. The van der Waals surface area contributed by atoms with Gasteiger partial charge in [-0.3, -0.25) is 4.79 Å². The molecular formula is C14H15FO2. The van der Waals surface area contributed by atoms with Crippen molar-refractivity contribution in [1.29, 1.82) is 0 Å². The first-order valence-corrected chi connectivity index (χ1v) is 5.24. The molecule has 0 spiro atoms. The highest BCUT2D eigenvalue weighted by atomic mass is 19.1. The maximum absolute atomic E-state index is 13.4. The number of hydrogen-bond donors (Lipinski definition) is 0. The summed E-state index contributed by atoms with van der Waals surface area (Å²) < 4.78 is 18.9. The number of hydrogen-bond acceptors (Lipinski definition) is 2. The SMILES string of the molecule is C#CC(C)(C)Oc1cc(C)c(F)cc1C(C)=O. The highest BCUT2D eigenvalue weighted by Gasteiger charge is 2.20. The molecule has 1 aromatic carbocycles. The normalized spacial score (nSPS) is 10.8. The molecule has 0 fully saturated rings. The van der Waals surface area contributed by atoms with Crippen molar-refractivity contribution >= 4 is 5.78 Å². The molecular weight excluding hydrogens is 219 g/mol. The summed E-state index contributed by atoms with van der Waals surface area (Å²) in [6, 6.07) is 2.67. The molecule has 0 atom stereocenters. The highest BCUT2D eigenvalue weighted by Crippen LogP contribution is 2.26. The zero-order chi connectivity index (χ0) is 13.2. The van der Waals surface area contributed by atoms with E-state index < -0.39 is 11.4 Å². The van der Waals surface area contributed by atoms with Gasteiger partial charge in [0.1, 0.15) is 11.6 Å². The molecule has 1 rings (SSSR count). The second kappa shape index (κ2) is 4.58. The minimum absolute atomic E-state index is 0.205. The Morgan fingerprint density at radius 2 is 2.06 bits per heavy atom. The minimum atomic E-state index is -0.839. The zero-order valence-electron chi connectivity index (χ0n) is 10.4. The molecule has 0 aliphatic heterocycles. The summed E-state index contributed by atoms with van der Waals surface area (Å²) in [5, 5.41) is 0. The van der Waals surface area contributed by atoms with Gasteiger partial charge >= 0.3 is 0 Å². The van der Waals surface area contributed by atoms with E-state index in [4.69, 9.17) is 11.2 Å². The zero-order valence-corrected chi connectivity index (χ0v) is 10.4. The summed E-state index contributed by atoms with van der Waals surface area (Å²) in [5.41, 5.74) is -0.219. The fourth-order valence-electron chi connectivity index (χ4n) is 1.32. The molecule has 2 nitrogen and oxygen atoms in total. The molecule has 0 heterocycles. The summed E-state index contributed by atoms with van der Waals surface area (Å²) in [7, 11) is 0. The Bertz CT molecular complexity index is 496. The summed E-state index contributed by atoms with van der Waals surface area (Å²) in [4.78, 5) is 11.4. The molecule has 0 saturated carbocycles. The Hall–Kier alpha value is -1.82. The first-order chi connectivity index (χ1) is 7.76. The molecule has 0 N–H and O–H groups in total. The van der Waals surface area contributed by atoms with Crippen molar-refractivity contribution in [2.24, 2.45) is 0 Å². The lowest BCUT2D eigenvalue weighted by atomic mass is 10.1. The highest BCUT2D eigenvalue weighted by molar-refractivity contribution is 5.97. The van der Waals surface area contributed by atoms with Crippen LogP contribution in [0.15, 0.2) is 12.1 Å². The fraction of sp³-hybridized carbons (Fsp3) is 0.357. The summed E-state index contributed by atoms with van der Waals surface area (Å²) in [5.74, 6) is 2.09. The van der Waals surface area contributed by atoms with Crippen molar-refractivity contribution in [3.63, 3.8) is 0 Å². The van der Waals surface area contributed by atoms with Gasteiger partial charge in [0.05, 0.1) is 5.56 Å². The number of carbonyl (C=O) groups is 1. The van der Waals surface area contributed by atoms with Gasteiger partial charge in [0, 0.05) is 0 Å². The Kier molecular flexibility index (Phi) is 3.57. The monoisotopic (exact) mass is 234 g/mol. The molecule has 3 heteroatoms. The second-order valence-corrected chi connectivity index (χ2v) is 4.41. The standard InChI is InChI=1S/C14H15FO2/c1-6-14(4,5)17-13-7-9(2)12(15)8-11(13)10(3)16/h1,7-8H,2-5H3.